The predicted octanol–water partition coefficient (Wildman–Crippen LogP) is 4.66. The van der Waals surface area contributed by atoms with Gasteiger partial charge in [0.25, 0.3) is 5.91 Å². The monoisotopic (exact) mass is 476 g/mol. The molecule has 35 heavy (non-hydrogen) atoms. The number of aromatic nitrogens is 3. The second kappa shape index (κ2) is 9.77. The lowest BCUT2D eigenvalue weighted by atomic mass is 10.1. The fourth-order valence-corrected chi connectivity index (χ4v) is 4.06. The van der Waals surface area contributed by atoms with Crippen molar-refractivity contribution in [3.63, 3.8) is 0 Å². The van der Waals surface area contributed by atoms with E-state index in [0.29, 0.717) is 24.3 Å². The topological polar surface area (TPSA) is 115 Å². The molecule has 1 aromatic carbocycles. The molecule has 0 radical (unpaired) electrons. The minimum atomic E-state index is -0.506. The number of carbonyl (C=O) groups is 2. The summed E-state index contributed by atoms with van der Waals surface area (Å²) in [7, 11) is 0. The minimum absolute atomic E-state index is 0.167. The van der Waals surface area contributed by atoms with Gasteiger partial charge < -0.3 is 20.7 Å². The lowest BCUT2D eigenvalue weighted by Crippen LogP contribution is -2.42. The zero-order valence-corrected chi connectivity index (χ0v) is 20.6. The number of pyridine rings is 1. The Balaban J connectivity index is 1.43. The first-order chi connectivity index (χ1) is 16.6. The van der Waals surface area contributed by atoms with Crippen LogP contribution in [0.15, 0.2) is 48.9 Å². The molecule has 1 fully saturated rings. The van der Waals surface area contributed by atoms with E-state index < -0.39 is 5.60 Å². The Kier molecular flexibility index (Phi) is 6.77. The smallest absolute Gasteiger partial charge is 0.410 e. The van der Waals surface area contributed by atoms with E-state index in [-0.39, 0.29) is 23.9 Å². The fourth-order valence-electron chi connectivity index (χ4n) is 4.06. The van der Waals surface area contributed by atoms with Crippen LogP contribution in [-0.4, -0.2) is 50.4 Å². The number of likely N-dealkylation sites (tertiary alicyclic amines) is 1. The van der Waals surface area contributed by atoms with Crippen LogP contribution in [0.4, 0.5) is 16.3 Å². The van der Waals surface area contributed by atoms with Crippen LogP contribution in [0.3, 0.4) is 0 Å². The molecule has 4 rings (SSSR count). The molecule has 1 saturated heterocycles. The van der Waals surface area contributed by atoms with Crippen molar-refractivity contribution in [2.24, 2.45) is 0 Å². The maximum atomic E-state index is 12.9. The normalized spacial score (nSPS) is 14.6. The lowest BCUT2D eigenvalue weighted by Gasteiger charge is -2.33. The number of aryl methyl sites for hydroxylation is 1. The molecule has 0 aliphatic carbocycles. The Morgan fingerprint density at radius 1 is 1.11 bits per heavy atom. The highest BCUT2D eigenvalue weighted by Gasteiger charge is 2.28. The van der Waals surface area contributed by atoms with Crippen LogP contribution in [-0.2, 0) is 4.74 Å². The average Bonchev–Trinajstić information content (AvgIpc) is 3.28. The molecule has 9 heteroatoms. The molecule has 0 atom stereocenters. The maximum absolute atomic E-state index is 12.9. The second-order valence-corrected chi connectivity index (χ2v) is 9.89. The van der Waals surface area contributed by atoms with Gasteiger partial charge in [0.05, 0.1) is 17.8 Å². The minimum Gasteiger partial charge on any atom is -0.444 e. The number of benzene rings is 1. The van der Waals surface area contributed by atoms with Gasteiger partial charge >= 0.3 is 6.09 Å². The first-order valence-electron chi connectivity index (χ1n) is 11.7. The van der Waals surface area contributed by atoms with Crippen molar-refractivity contribution in [3.05, 3.63) is 60.0 Å². The van der Waals surface area contributed by atoms with Crippen molar-refractivity contribution in [1.29, 1.82) is 0 Å². The van der Waals surface area contributed by atoms with Gasteiger partial charge in [0.1, 0.15) is 11.4 Å². The molecule has 0 bridgehead atoms. The average molecular weight is 477 g/mol. The number of nitrogen functional groups attached to an aromatic ring is 1. The molecule has 2 amide bonds. The number of nitrogens with two attached hydrogens (primary N) is 1. The molecule has 184 valence electrons. The molecule has 2 aromatic heterocycles. The second-order valence-electron chi connectivity index (χ2n) is 9.89. The van der Waals surface area contributed by atoms with Crippen molar-refractivity contribution >= 4 is 23.5 Å². The molecular formula is C26H32N6O3. The van der Waals surface area contributed by atoms with Gasteiger partial charge in [-0.3, -0.25) is 9.48 Å². The summed E-state index contributed by atoms with van der Waals surface area (Å²) in [6, 6.07) is 9.48. The molecule has 1 aliphatic heterocycles. The predicted molar refractivity (Wildman–Crippen MR) is 135 cm³/mol. The standard InChI is InChI=1S/C26H32N6O3/c1-17-6-5-7-20(12-17)30-24(33)22-13-18(14-28-23(22)27)19-15-29-32(16-19)21-8-10-31(11-9-21)25(34)35-26(2,3)4/h5-7,12-16,21H,8-11H2,1-4H3,(H2,27,28)(H,30,33). The van der Waals surface area contributed by atoms with Crippen molar-refractivity contribution in [2.75, 3.05) is 24.1 Å². The first-order valence-corrected chi connectivity index (χ1v) is 11.7. The van der Waals surface area contributed by atoms with E-state index >= 15 is 0 Å². The Morgan fingerprint density at radius 3 is 2.54 bits per heavy atom. The van der Waals surface area contributed by atoms with Gasteiger partial charge in [0.2, 0.25) is 0 Å². The van der Waals surface area contributed by atoms with Gasteiger partial charge in [-0.2, -0.15) is 5.10 Å². The summed E-state index contributed by atoms with van der Waals surface area (Å²) >= 11 is 0. The van der Waals surface area contributed by atoms with Crippen molar-refractivity contribution in [1.82, 2.24) is 19.7 Å². The summed E-state index contributed by atoms with van der Waals surface area (Å²) in [4.78, 5) is 31.2. The van der Waals surface area contributed by atoms with Crippen LogP contribution in [0.1, 0.15) is 55.6 Å². The van der Waals surface area contributed by atoms with Crippen molar-refractivity contribution < 1.29 is 14.3 Å². The summed E-state index contributed by atoms with van der Waals surface area (Å²) < 4.78 is 7.40. The van der Waals surface area contributed by atoms with Crippen molar-refractivity contribution in [3.8, 4) is 11.1 Å². The van der Waals surface area contributed by atoms with E-state index in [2.05, 4.69) is 15.4 Å². The maximum Gasteiger partial charge on any atom is 0.410 e. The van der Waals surface area contributed by atoms with Gasteiger partial charge in [-0.1, -0.05) is 12.1 Å². The SMILES string of the molecule is Cc1cccc(NC(=O)c2cc(-c3cnn(C4CCN(C(=O)OC(C)(C)C)CC4)c3)cnc2N)c1. The number of nitrogens with one attached hydrogen (secondary N) is 1. The van der Waals surface area contributed by atoms with Crippen LogP contribution < -0.4 is 11.1 Å². The summed E-state index contributed by atoms with van der Waals surface area (Å²) in [5.74, 6) is -0.148. The molecule has 0 unspecified atom stereocenters. The number of ether oxygens (including phenoxy) is 1. The first kappa shape index (κ1) is 24.3. The van der Waals surface area contributed by atoms with E-state index in [1.165, 1.54) is 0 Å². The summed E-state index contributed by atoms with van der Waals surface area (Å²) in [6.07, 6.45) is 6.64. The lowest BCUT2D eigenvalue weighted by molar-refractivity contribution is 0.0184. The third kappa shape index (κ3) is 5.98. The Bertz CT molecular complexity index is 1220. The van der Waals surface area contributed by atoms with E-state index in [9.17, 15) is 9.59 Å². The number of anilines is 2. The van der Waals surface area contributed by atoms with Crippen molar-refractivity contribution in [2.45, 2.75) is 52.2 Å². The highest BCUT2D eigenvalue weighted by atomic mass is 16.6. The van der Waals surface area contributed by atoms with Gasteiger partial charge in [0.15, 0.2) is 0 Å². The van der Waals surface area contributed by atoms with Gasteiger partial charge in [0, 0.05) is 42.3 Å². The highest BCUT2D eigenvalue weighted by Crippen LogP contribution is 2.27. The molecule has 3 heterocycles. The Morgan fingerprint density at radius 2 is 1.86 bits per heavy atom. The van der Waals surface area contributed by atoms with Crippen LogP contribution in [0, 0.1) is 6.92 Å². The quantitative estimate of drug-likeness (QED) is 0.566. The number of carbonyl (C=O) groups excluding carboxylic acids is 2. The number of amides is 2. The molecule has 9 nitrogen and oxygen atoms in total. The van der Waals surface area contributed by atoms with E-state index in [0.717, 1.165) is 29.5 Å². The summed E-state index contributed by atoms with van der Waals surface area (Å²) in [5, 5.41) is 7.42. The third-order valence-corrected chi connectivity index (χ3v) is 5.86. The van der Waals surface area contributed by atoms with E-state index in [1.807, 2.05) is 62.8 Å². The Hall–Kier alpha value is -3.88. The summed E-state index contributed by atoms with van der Waals surface area (Å²) in [6.45, 7) is 8.79. The van der Waals surface area contributed by atoms with Crippen LogP contribution >= 0.6 is 0 Å². The zero-order valence-electron chi connectivity index (χ0n) is 20.6. The number of nitrogens with zero attached hydrogens (tertiary/aromatic N) is 4. The third-order valence-electron chi connectivity index (χ3n) is 5.86. The number of piperidine rings is 1. The van der Waals surface area contributed by atoms with Crippen LogP contribution in [0.2, 0.25) is 0 Å². The van der Waals surface area contributed by atoms with E-state index in [1.54, 1.807) is 23.4 Å². The summed E-state index contributed by atoms with van der Waals surface area (Å²) in [5.41, 5.74) is 9.16. The molecule has 3 N–H and O–H groups in total. The molecule has 0 spiro atoms. The van der Waals surface area contributed by atoms with Gasteiger partial charge in [-0.25, -0.2) is 9.78 Å². The molecule has 0 saturated carbocycles. The highest BCUT2D eigenvalue weighted by molar-refractivity contribution is 6.07. The molecular weight excluding hydrogens is 444 g/mol. The largest absolute Gasteiger partial charge is 0.444 e. The van der Waals surface area contributed by atoms with Crippen LogP contribution in [0.5, 0.6) is 0 Å². The zero-order chi connectivity index (χ0) is 25.2. The van der Waals surface area contributed by atoms with Gasteiger partial charge in [-0.15, -0.1) is 0 Å². The van der Waals surface area contributed by atoms with Gasteiger partial charge in [-0.05, 0) is 64.3 Å². The molecule has 1 aliphatic rings. The number of hydrogen-bond donors (Lipinski definition) is 2. The fraction of sp³-hybridized carbons (Fsp3) is 0.385. The molecule has 3 aromatic rings. The number of rotatable bonds is 4. The number of hydrogen-bond acceptors (Lipinski definition) is 6. The van der Waals surface area contributed by atoms with Crippen LogP contribution in [0.25, 0.3) is 11.1 Å². The Labute approximate surface area is 205 Å². The van der Waals surface area contributed by atoms with E-state index in [4.69, 9.17) is 10.5 Å².